The molecule has 3 rings (SSSR count). The van der Waals surface area contributed by atoms with Crippen molar-refractivity contribution in [2.75, 3.05) is 25.9 Å². The molecule has 12 heteroatoms. The van der Waals surface area contributed by atoms with Crippen LogP contribution in [0.5, 0.6) is 0 Å². The maximum atomic E-state index is 11.3. The van der Waals surface area contributed by atoms with Crippen LogP contribution in [0.2, 0.25) is 0 Å². The van der Waals surface area contributed by atoms with E-state index in [9.17, 15) is 21.6 Å². The summed E-state index contributed by atoms with van der Waals surface area (Å²) in [7, 11) is -3.13. The number of hydrogen-bond donors (Lipinski definition) is 2. The first-order chi connectivity index (χ1) is 12.9. The Morgan fingerprint density at radius 1 is 1.32 bits per heavy atom. The molecule has 1 atom stereocenters. The predicted molar refractivity (Wildman–Crippen MR) is 94.9 cm³/mol. The zero-order valence-electron chi connectivity index (χ0n) is 15.5. The Labute approximate surface area is 161 Å². The summed E-state index contributed by atoms with van der Waals surface area (Å²) in [6, 6.07) is 2.07. The molecule has 1 fully saturated rings. The zero-order chi connectivity index (χ0) is 20.9. The molecule has 1 aromatic rings. The second kappa shape index (κ2) is 9.23. The number of fused-ring (bicyclic) bond motifs is 1. The first-order valence-corrected chi connectivity index (χ1v) is 10.8. The van der Waals surface area contributed by atoms with E-state index in [-0.39, 0.29) is 5.92 Å². The van der Waals surface area contributed by atoms with Gasteiger partial charge in [-0.25, -0.2) is 17.9 Å². The maximum Gasteiger partial charge on any atom is 0.490 e. The Hall–Kier alpha value is -1.66. The van der Waals surface area contributed by atoms with Crippen molar-refractivity contribution in [3.05, 3.63) is 18.0 Å². The minimum Gasteiger partial charge on any atom is -0.475 e. The molecular formula is C16H25F3N4O4S. The van der Waals surface area contributed by atoms with Crippen LogP contribution in [0.3, 0.4) is 0 Å². The van der Waals surface area contributed by atoms with Gasteiger partial charge in [0.15, 0.2) is 0 Å². The van der Waals surface area contributed by atoms with Gasteiger partial charge in [0.25, 0.3) is 0 Å². The number of carboxylic acids is 1. The van der Waals surface area contributed by atoms with Crippen molar-refractivity contribution in [2.24, 2.45) is 11.8 Å². The quantitative estimate of drug-likeness (QED) is 0.736. The highest BCUT2D eigenvalue weighted by Gasteiger charge is 2.38. The molecule has 2 aliphatic rings. The number of halogens is 3. The Kier molecular flexibility index (Phi) is 7.46. The summed E-state index contributed by atoms with van der Waals surface area (Å²) in [5, 5.41) is 11.5. The van der Waals surface area contributed by atoms with Crippen LogP contribution in [0.25, 0.3) is 0 Å². The van der Waals surface area contributed by atoms with E-state index in [4.69, 9.17) is 9.90 Å². The van der Waals surface area contributed by atoms with Gasteiger partial charge in [0.1, 0.15) is 0 Å². The lowest BCUT2D eigenvalue weighted by atomic mass is 9.85. The number of aromatic nitrogens is 2. The van der Waals surface area contributed by atoms with E-state index in [0.717, 1.165) is 32.1 Å². The number of nitrogens with one attached hydrogen (secondary N) is 1. The molecule has 0 radical (unpaired) electrons. The van der Waals surface area contributed by atoms with Crippen LogP contribution in [0.1, 0.15) is 25.0 Å². The fraction of sp³-hybridized carbons (Fsp3) is 0.750. The largest absolute Gasteiger partial charge is 0.490 e. The molecule has 2 heterocycles. The molecule has 8 nitrogen and oxygen atoms in total. The van der Waals surface area contributed by atoms with Gasteiger partial charge in [0.05, 0.1) is 11.9 Å². The second-order valence-corrected chi connectivity index (χ2v) is 9.12. The van der Waals surface area contributed by atoms with Crippen LogP contribution in [-0.4, -0.2) is 66.2 Å². The highest BCUT2D eigenvalue weighted by Crippen LogP contribution is 2.28. The number of nitrogens with zero attached hydrogens (tertiary/aromatic N) is 3. The number of rotatable bonds is 5. The molecule has 1 aromatic heterocycles. The monoisotopic (exact) mass is 426 g/mol. The van der Waals surface area contributed by atoms with Crippen LogP contribution < -0.4 is 4.72 Å². The van der Waals surface area contributed by atoms with Crippen LogP contribution in [0.4, 0.5) is 13.2 Å². The lowest BCUT2D eigenvalue weighted by Crippen LogP contribution is -2.38. The topological polar surface area (TPSA) is 105 Å². The Morgan fingerprint density at radius 3 is 2.46 bits per heavy atom. The summed E-state index contributed by atoms with van der Waals surface area (Å²) in [6.45, 7) is 4.25. The minimum absolute atomic E-state index is 0.265. The summed E-state index contributed by atoms with van der Waals surface area (Å²) < 4.78 is 59.1. The van der Waals surface area contributed by atoms with Crippen molar-refractivity contribution in [2.45, 2.75) is 38.5 Å². The van der Waals surface area contributed by atoms with Crippen molar-refractivity contribution in [3.8, 4) is 0 Å². The van der Waals surface area contributed by atoms with Crippen molar-refractivity contribution < 1.29 is 31.5 Å². The number of sulfonamides is 1. The number of aliphatic carboxylic acids is 1. The van der Waals surface area contributed by atoms with Crippen molar-refractivity contribution in [3.63, 3.8) is 0 Å². The molecule has 160 valence electrons. The molecular weight excluding hydrogens is 401 g/mol. The Morgan fingerprint density at radius 2 is 1.96 bits per heavy atom. The Bertz CT molecular complexity index is 762. The van der Waals surface area contributed by atoms with Gasteiger partial charge in [-0.3, -0.25) is 9.58 Å². The fourth-order valence-corrected chi connectivity index (χ4v) is 3.74. The van der Waals surface area contributed by atoms with Gasteiger partial charge in [0.2, 0.25) is 10.0 Å². The van der Waals surface area contributed by atoms with Gasteiger partial charge >= 0.3 is 12.1 Å². The average molecular weight is 426 g/mol. The van der Waals surface area contributed by atoms with Gasteiger partial charge in [-0.15, -0.1) is 0 Å². The number of alkyl halides is 3. The molecule has 0 bridgehead atoms. The molecule has 2 N–H and O–H groups in total. The summed E-state index contributed by atoms with van der Waals surface area (Å²) in [5.74, 6) is -1.67. The summed E-state index contributed by atoms with van der Waals surface area (Å²) in [4.78, 5) is 11.4. The summed E-state index contributed by atoms with van der Waals surface area (Å²) >= 11 is 0. The smallest absolute Gasteiger partial charge is 0.475 e. The van der Waals surface area contributed by atoms with Crippen molar-refractivity contribution in [1.82, 2.24) is 19.4 Å². The van der Waals surface area contributed by atoms with E-state index < -0.39 is 22.2 Å². The van der Waals surface area contributed by atoms with Crippen LogP contribution in [0, 0.1) is 11.8 Å². The van der Waals surface area contributed by atoms with Gasteiger partial charge in [0, 0.05) is 44.8 Å². The summed E-state index contributed by atoms with van der Waals surface area (Å²) in [5.41, 5.74) is 1.23. The van der Waals surface area contributed by atoms with E-state index in [1.165, 1.54) is 31.2 Å². The fourth-order valence-electron chi connectivity index (χ4n) is 3.20. The van der Waals surface area contributed by atoms with E-state index in [1.54, 1.807) is 0 Å². The molecule has 1 saturated carbocycles. The standard InChI is InChI=1S/C14H24N4O2S.C2HF3O2/c1-21(19,20)16-7-13-9-17(8-12-3-2-4-12)11-14-5-6-15-18(14)10-13;3-2(4,5)1(6)7/h5-6,12-13,16H,2-4,7-11H2,1H3;(H,6,7). The Balaban J connectivity index is 0.000000345. The number of hydrogen-bond acceptors (Lipinski definition) is 5. The van der Waals surface area contributed by atoms with E-state index >= 15 is 0 Å². The van der Waals surface area contributed by atoms with Gasteiger partial charge in [-0.05, 0) is 24.8 Å². The first-order valence-electron chi connectivity index (χ1n) is 8.92. The summed E-state index contributed by atoms with van der Waals surface area (Å²) in [6.07, 6.45) is 2.00. The minimum atomic E-state index is -5.08. The highest BCUT2D eigenvalue weighted by molar-refractivity contribution is 7.88. The average Bonchev–Trinajstić information content (AvgIpc) is 2.87. The molecule has 1 unspecified atom stereocenters. The normalized spacial score (nSPS) is 21.1. The SMILES string of the molecule is CS(=O)(=O)NCC1CN(CC2CCC2)Cc2ccnn2C1.O=C(O)C(F)(F)F. The van der Waals surface area contributed by atoms with Crippen molar-refractivity contribution >= 4 is 16.0 Å². The predicted octanol–water partition coefficient (Wildman–Crippen LogP) is 1.30. The third-order valence-electron chi connectivity index (χ3n) is 4.76. The number of carbonyl (C=O) groups is 1. The molecule has 1 aliphatic heterocycles. The van der Waals surface area contributed by atoms with Crippen LogP contribution in [0.15, 0.2) is 12.3 Å². The van der Waals surface area contributed by atoms with Gasteiger partial charge < -0.3 is 5.11 Å². The third kappa shape index (κ3) is 7.40. The molecule has 0 amide bonds. The van der Waals surface area contributed by atoms with Crippen LogP contribution >= 0.6 is 0 Å². The molecule has 1 aliphatic carbocycles. The molecule has 0 spiro atoms. The molecule has 0 saturated heterocycles. The van der Waals surface area contributed by atoms with Gasteiger partial charge in [-0.2, -0.15) is 18.3 Å². The van der Waals surface area contributed by atoms with Crippen LogP contribution in [-0.2, 0) is 27.9 Å². The van der Waals surface area contributed by atoms with E-state index in [0.29, 0.717) is 6.54 Å². The molecule has 0 aromatic carbocycles. The maximum absolute atomic E-state index is 11.3. The lowest BCUT2D eigenvalue weighted by molar-refractivity contribution is -0.192. The van der Waals surface area contributed by atoms with Gasteiger partial charge in [-0.1, -0.05) is 6.42 Å². The van der Waals surface area contributed by atoms with E-state index in [2.05, 4.69) is 20.8 Å². The zero-order valence-corrected chi connectivity index (χ0v) is 16.3. The van der Waals surface area contributed by atoms with E-state index in [1.807, 2.05) is 10.9 Å². The molecule has 28 heavy (non-hydrogen) atoms. The third-order valence-corrected chi connectivity index (χ3v) is 5.45. The highest BCUT2D eigenvalue weighted by atomic mass is 32.2. The second-order valence-electron chi connectivity index (χ2n) is 7.29. The van der Waals surface area contributed by atoms with Crippen molar-refractivity contribution in [1.29, 1.82) is 0 Å². The lowest BCUT2D eigenvalue weighted by Gasteiger charge is -2.32. The first kappa shape index (κ1) is 22.6. The number of carboxylic acid groups (broad SMARTS) is 1.